The van der Waals surface area contributed by atoms with Crippen molar-refractivity contribution in [2.75, 3.05) is 70.8 Å². The molecule has 7 rings (SSSR count). The van der Waals surface area contributed by atoms with Crippen molar-refractivity contribution in [2.45, 2.75) is 64.8 Å². The molecule has 17 heteroatoms. The first-order valence-electron chi connectivity index (χ1n) is 19.8. The number of aromatic nitrogens is 4. The number of benzene rings is 2. The molecule has 308 valence electrons. The maximum absolute atomic E-state index is 13.0. The highest BCUT2D eigenvalue weighted by Crippen LogP contribution is 2.32. The lowest BCUT2D eigenvalue weighted by molar-refractivity contribution is -0.136. The predicted octanol–water partition coefficient (Wildman–Crippen LogP) is 3.24. The number of hydrogen-bond acceptors (Lipinski definition) is 14. The second-order valence-corrected chi connectivity index (χ2v) is 14.9. The quantitative estimate of drug-likeness (QED) is 0.110. The molecule has 17 nitrogen and oxygen atoms in total. The molecule has 4 amide bonds. The summed E-state index contributed by atoms with van der Waals surface area (Å²) in [5.41, 5.74) is 2.80. The number of H-pyrrole nitrogens is 1. The first-order valence-corrected chi connectivity index (χ1v) is 19.8. The van der Waals surface area contributed by atoms with E-state index in [1.54, 1.807) is 12.4 Å². The van der Waals surface area contributed by atoms with Crippen molar-refractivity contribution in [2.24, 2.45) is 0 Å². The lowest BCUT2D eigenvalue weighted by Gasteiger charge is -2.44. The maximum atomic E-state index is 13.0. The first-order chi connectivity index (χ1) is 28.1. The standard InChI is InChI=1S/C41H50N8O9/c1-25(2)58-29-6-8-33-32(20-29)38(46-45-33)34-21-36(43-24-42-34)47-22-26(3)48(27(4)23-47)11-12-54-13-14-55-15-16-56-17-18-57-28-5-7-30-31(19-28)41(53)49(40(30)52)35-9-10-37(50)44-39(35)51/h5-8,19-21,24-27,35H,9-18,22-23H2,1-4H3,(H,45,46)(H,44,50,51)/t26-,27+,35?. The molecule has 1 unspecified atom stereocenters. The van der Waals surface area contributed by atoms with E-state index < -0.39 is 29.7 Å². The second-order valence-electron chi connectivity index (χ2n) is 14.9. The number of hydrogen-bond donors (Lipinski definition) is 2. The van der Waals surface area contributed by atoms with Gasteiger partial charge >= 0.3 is 0 Å². The van der Waals surface area contributed by atoms with Gasteiger partial charge in [0.2, 0.25) is 11.8 Å². The summed E-state index contributed by atoms with van der Waals surface area (Å²) in [6.07, 6.45) is 1.84. The Hall–Kier alpha value is -5.49. The molecule has 0 aliphatic carbocycles. The molecule has 0 bridgehead atoms. The minimum atomic E-state index is -1.01. The second kappa shape index (κ2) is 18.4. The highest BCUT2D eigenvalue weighted by Gasteiger charge is 2.44. The van der Waals surface area contributed by atoms with Crippen LogP contribution in [0.5, 0.6) is 11.5 Å². The number of imide groups is 2. The molecule has 0 saturated carbocycles. The molecule has 2 N–H and O–H groups in total. The first kappa shape index (κ1) is 40.7. The molecule has 4 aromatic rings. The Labute approximate surface area is 336 Å². The van der Waals surface area contributed by atoms with Crippen LogP contribution >= 0.6 is 0 Å². The number of carbonyl (C=O) groups excluding carboxylic acids is 4. The molecule has 0 radical (unpaired) electrons. The van der Waals surface area contributed by atoms with Crippen LogP contribution in [0, 0.1) is 0 Å². The molecule has 0 spiro atoms. The molecule has 3 aliphatic rings. The van der Waals surface area contributed by atoms with E-state index in [-0.39, 0.29) is 48.8 Å². The normalized spacial score (nSPS) is 20.0. The van der Waals surface area contributed by atoms with Crippen molar-refractivity contribution in [3.63, 3.8) is 0 Å². The Balaban J connectivity index is 0.760. The number of piperidine rings is 1. The van der Waals surface area contributed by atoms with Crippen LogP contribution in [0.15, 0.2) is 48.8 Å². The van der Waals surface area contributed by atoms with E-state index >= 15 is 0 Å². The number of amides is 4. The van der Waals surface area contributed by atoms with E-state index in [1.165, 1.54) is 12.1 Å². The van der Waals surface area contributed by atoms with Crippen molar-refractivity contribution in [3.05, 3.63) is 59.9 Å². The summed E-state index contributed by atoms with van der Waals surface area (Å²) >= 11 is 0. The Morgan fingerprint density at radius 3 is 2.21 bits per heavy atom. The van der Waals surface area contributed by atoms with E-state index in [4.69, 9.17) is 23.7 Å². The molecule has 58 heavy (non-hydrogen) atoms. The monoisotopic (exact) mass is 798 g/mol. The van der Waals surface area contributed by atoms with Crippen LogP contribution in [0.4, 0.5) is 5.82 Å². The topological polar surface area (TPSA) is 191 Å². The van der Waals surface area contributed by atoms with E-state index in [0.717, 1.165) is 58.4 Å². The van der Waals surface area contributed by atoms with Gasteiger partial charge in [0.25, 0.3) is 11.8 Å². The number of ether oxygens (including phenoxy) is 5. The van der Waals surface area contributed by atoms with Gasteiger partial charge in [0, 0.05) is 49.6 Å². The number of aromatic amines is 1. The van der Waals surface area contributed by atoms with Crippen LogP contribution in [0.1, 0.15) is 61.3 Å². The summed E-state index contributed by atoms with van der Waals surface area (Å²) in [6.45, 7) is 13.7. The summed E-state index contributed by atoms with van der Waals surface area (Å²) in [4.78, 5) is 64.5. The number of fused-ring (bicyclic) bond motifs is 2. The Morgan fingerprint density at radius 2 is 1.48 bits per heavy atom. The SMILES string of the molecule is CC(C)Oc1ccc2[nH]nc(-c3cc(N4C[C@@H](C)N(CCOCCOCCOCCOc5ccc6c(c5)C(=O)N(C5CCC(=O)NC5=O)C6=O)[C@@H](C)C4)ncn3)c2c1. The number of nitrogens with zero attached hydrogens (tertiary/aromatic N) is 6. The average molecular weight is 799 g/mol. The van der Waals surface area contributed by atoms with Crippen LogP contribution in [-0.2, 0) is 23.8 Å². The van der Waals surface area contributed by atoms with Gasteiger partial charge in [-0.2, -0.15) is 5.10 Å². The fraction of sp³-hybridized carbons (Fsp3) is 0.488. The largest absolute Gasteiger partial charge is 0.491 e. The predicted molar refractivity (Wildman–Crippen MR) is 212 cm³/mol. The number of nitrogens with one attached hydrogen (secondary N) is 2. The van der Waals surface area contributed by atoms with Crippen molar-refractivity contribution in [1.82, 2.24) is 35.3 Å². The lowest BCUT2D eigenvalue weighted by atomic mass is 10.0. The van der Waals surface area contributed by atoms with Gasteiger partial charge in [-0.05, 0) is 70.5 Å². The Morgan fingerprint density at radius 1 is 0.793 bits per heavy atom. The highest BCUT2D eigenvalue weighted by molar-refractivity contribution is 6.23. The number of carbonyl (C=O) groups is 4. The van der Waals surface area contributed by atoms with Crippen LogP contribution < -0.4 is 19.7 Å². The molecule has 3 atom stereocenters. The van der Waals surface area contributed by atoms with Gasteiger partial charge in [-0.3, -0.25) is 39.4 Å². The van der Waals surface area contributed by atoms with Gasteiger partial charge in [-0.15, -0.1) is 0 Å². The molecule has 2 fully saturated rings. The summed E-state index contributed by atoms with van der Waals surface area (Å²) in [6, 6.07) is 12.1. The Bertz CT molecular complexity index is 2110. The van der Waals surface area contributed by atoms with Gasteiger partial charge in [-0.25, -0.2) is 9.97 Å². The lowest BCUT2D eigenvalue weighted by Crippen LogP contribution is -2.57. The Kier molecular flexibility index (Phi) is 12.9. The summed E-state index contributed by atoms with van der Waals surface area (Å²) in [5.74, 6) is -0.142. The minimum absolute atomic E-state index is 0.0632. The molecular formula is C41H50N8O9. The molecular weight excluding hydrogens is 748 g/mol. The zero-order chi connectivity index (χ0) is 40.8. The third-order valence-electron chi connectivity index (χ3n) is 10.4. The van der Waals surface area contributed by atoms with Crippen LogP contribution in [0.2, 0.25) is 0 Å². The summed E-state index contributed by atoms with van der Waals surface area (Å²) < 4.78 is 28.8. The maximum Gasteiger partial charge on any atom is 0.262 e. The fourth-order valence-corrected chi connectivity index (χ4v) is 7.64. The van der Waals surface area contributed by atoms with E-state index in [9.17, 15) is 19.2 Å². The molecule has 2 aromatic carbocycles. The third kappa shape index (κ3) is 9.28. The van der Waals surface area contributed by atoms with E-state index in [0.29, 0.717) is 45.4 Å². The zero-order valence-corrected chi connectivity index (χ0v) is 33.3. The molecule has 2 saturated heterocycles. The third-order valence-corrected chi connectivity index (χ3v) is 10.4. The van der Waals surface area contributed by atoms with Crippen LogP contribution in [0.25, 0.3) is 22.3 Å². The highest BCUT2D eigenvalue weighted by atomic mass is 16.6. The summed E-state index contributed by atoms with van der Waals surface area (Å²) in [7, 11) is 0. The summed E-state index contributed by atoms with van der Waals surface area (Å²) in [5, 5.41) is 10.8. The van der Waals surface area contributed by atoms with Crippen LogP contribution in [0.3, 0.4) is 0 Å². The smallest absolute Gasteiger partial charge is 0.262 e. The van der Waals surface area contributed by atoms with Gasteiger partial charge in [0.05, 0.1) is 68.1 Å². The number of piperazine rings is 1. The molecule has 5 heterocycles. The number of rotatable bonds is 18. The zero-order valence-electron chi connectivity index (χ0n) is 33.3. The molecule has 3 aliphatic heterocycles. The van der Waals surface area contributed by atoms with Crippen molar-refractivity contribution in [3.8, 4) is 22.9 Å². The van der Waals surface area contributed by atoms with Crippen LogP contribution in [-0.4, -0.2) is 144 Å². The van der Waals surface area contributed by atoms with E-state index in [2.05, 4.69) is 49.1 Å². The fourth-order valence-electron chi connectivity index (χ4n) is 7.64. The van der Waals surface area contributed by atoms with Crippen molar-refractivity contribution in [1.29, 1.82) is 0 Å². The van der Waals surface area contributed by atoms with Gasteiger partial charge in [0.15, 0.2) is 0 Å². The average Bonchev–Trinajstić information content (AvgIpc) is 3.73. The number of anilines is 1. The van der Waals surface area contributed by atoms with E-state index in [1.807, 2.05) is 38.1 Å². The minimum Gasteiger partial charge on any atom is -0.491 e. The molecule has 2 aromatic heterocycles. The van der Waals surface area contributed by atoms with Gasteiger partial charge in [-0.1, -0.05) is 0 Å². The van der Waals surface area contributed by atoms with Crippen molar-refractivity contribution < 1.29 is 42.9 Å². The van der Waals surface area contributed by atoms with Crippen molar-refractivity contribution >= 4 is 40.3 Å². The van der Waals surface area contributed by atoms with Gasteiger partial charge in [0.1, 0.15) is 42.0 Å². The van der Waals surface area contributed by atoms with Gasteiger partial charge < -0.3 is 28.6 Å².